The van der Waals surface area contributed by atoms with Gasteiger partial charge >= 0.3 is 0 Å². The molecule has 1 amide bonds. The Hall–Kier alpha value is -1.59. The molecular formula is C10H14N2O4. The van der Waals surface area contributed by atoms with Crippen LogP contribution in [0, 0.1) is 16.7 Å². The highest BCUT2D eigenvalue weighted by Gasteiger charge is 2.52. The van der Waals surface area contributed by atoms with Crippen LogP contribution in [0.25, 0.3) is 0 Å². The Morgan fingerprint density at radius 2 is 2.06 bits per heavy atom. The van der Waals surface area contributed by atoms with Crippen molar-refractivity contribution in [1.29, 1.82) is 0 Å². The van der Waals surface area contributed by atoms with Gasteiger partial charge in [-0.1, -0.05) is 20.3 Å². The number of nitroso groups, excluding NO2 is 1. The van der Waals surface area contributed by atoms with E-state index in [9.17, 15) is 19.3 Å². The lowest BCUT2D eigenvalue weighted by atomic mass is 9.91. The molecule has 0 aliphatic carbocycles. The van der Waals surface area contributed by atoms with Crippen molar-refractivity contribution < 1.29 is 14.4 Å². The van der Waals surface area contributed by atoms with E-state index in [1.807, 2.05) is 6.92 Å². The highest BCUT2D eigenvalue weighted by Crippen LogP contribution is 2.28. The molecule has 0 N–H and O–H groups in total. The van der Waals surface area contributed by atoms with Gasteiger partial charge in [-0.3, -0.25) is 14.4 Å². The summed E-state index contributed by atoms with van der Waals surface area (Å²) in [6.07, 6.45) is 0.625. The van der Waals surface area contributed by atoms with Crippen LogP contribution in [0.15, 0.2) is 5.29 Å². The van der Waals surface area contributed by atoms with Crippen molar-refractivity contribution in [2.24, 2.45) is 17.1 Å². The van der Waals surface area contributed by atoms with Crippen LogP contribution in [0.3, 0.4) is 0 Å². The van der Waals surface area contributed by atoms with E-state index in [4.69, 9.17) is 0 Å². The van der Waals surface area contributed by atoms with Gasteiger partial charge in [-0.15, -0.1) is 4.91 Å². The second kappa shape index (κ2) is 4.51. The Morgan fingerprint density at radius 3 is 2.44 bits per heavy atom. The van der Waals surface area contributed by atoms with Gasteiger partial charge in [0.15, 0.2) is 11.7 Å². The summed E-state index contributed by atoms with van der Waals surface area (Å²) in [7, 11) is 0. The van der Waals surface area contributed by atoms with Crippen molar-refractivity contribution in [2.75, 3.05) is 0 Å². The minimum absolute atomic E-state index is 0.182. The highest BCUT2D eigenvalue weighted by molar-refractivity contribution is 6.23. The third kappa shape index (κ3) is 1.75. The average Bonchev–Trinajstić information content (AvgIpc) is 2.48. The first-order chi connectivity index (χ1) is 7.45. The summed E-state index contributed by atoms with van der Waals surface area (Å²) in [5, 5.41) is 3.18. The lowest BCUT2D eigenvalue weighted by Gasteiger charge is -2.19. The standard InChI is InChI=1S/C10H14N2O4/c1-4-5(2)8-9(14)7(6(3)13)10(15)12(8)11-16/h5,7-8H,4H2,1-3H3. The summed E-state index contributed by atoms with van der Waals surface area (Å²) in [6.45, 7) is 4.76. The lowest BCUT2D eigenvalue weighted by Crippen LogP contribution is -2.36. The zero-order valence-corrected chi connectivity index (χ0v) is 9.47. The molecular weight excluding hydrogens is 212 g/mol. The summed E-state index contributed by atoms with van der Waals surface area (Å²) < 4.78 is 0. The molecule has 0 aromatic rings. The van der Waals surface area contributed by atoms with E-state index in [1.165, 1.54) is 6.92 Å². The number of hydrogen-bond acceptors (Lipinski definition) is 5. The zero-order chi connectivity index (χ0) is 12.5. The normalized spacial score (nSPS) is 27.1. The fourth-order valence-electron chi connectivity index (χ4n) is 1.89. The molecule has 1 heterocycles. The number of Topliss-reactive ketones (excluding diaryl/α,β-unsaturated/α-hetero) is 2. The number of rotatable bonds is 4. The Kier molecular flexibility index (Phi) is 3.51. The van der Waals surface area contributed by atoms with Crippen LogP contribution < -0.4 is 0 Å². The van der Waals surface area contributed by atoms with Crippen LogP contribution in [0.1, 0.15) is 27.2 Å². The van der Waals surface area contributed by atoms with Gasteiger partial charge in [0.05, 0.1) is 5.29 Å². The van der Waals surface area contributed by atoms with E-state index in [0.717, 1.165) is 0 Å². The maximum absolute atomic E-state index is 11.8. The molecule has 1 rings (SSSR count). The average molecular weight is 226 g/mol. The molecule has 0 radical (unpaired) electrons. The Labute approximate surface area is 92.9 Å². The number of hydrogen-bond donors (Lipinski definition) is 0. The second-order valence-corrected chi connectivity index (χ2v) is 4.04. The van der Waals surface area contributed by atoms with Crippen LogP contribution in [0.4, 0.5) is 0 Å². The second-order valence-electron chi connectivity index (χ2n) is 4.04. The molecule has 3 atom stereocenters. The summed E-state index contributed by atoms with van der Waals surface area (Å²) in [5.74, 6) is -3.35. The quantitative estimate of drug-likeness (QED) is 0.521. The summed E-state index contributed by atoms with van der Waals surface area (Å²) in [5.41, 5.74) is 0. The first-order valence-corrected chi connectivity index (χ1v) is 5.16. The number of carbonyl (C=O) groups excluding carboxylic acids is 3. The highest BCUT2D eigenvalue weighted by atomic mass is 16.3. The predicted molar refractivity (Wildman–Crippen MR) is 55.1 cm³/mol. The largest absolute Gasteiger partial charge is 0.299 e. The molecule has 0 bridgehead atoms. The number of ketones is 2. The lowest BCUT2D eigenvalue weighted by molar-refractivity contribution is -0.138. The van der Waals surface area contributed by atoms with Crippen molar-refractivity contribution in [3.8, 4) is 0 Å². The fraction of sp³-hybridized carbons (Fsp3) is 0.700. The molecule has 0 aromatic heterocycles. The zero-order valence-electron chi connectivity index (χ0n) is 9.47. The molecule has 0 spiro atoms. The molecule has 1 fully saturated rings. The maximum atomic E-state index is 11.8. The predicted octanol–water partition coefficient (Wildman–Crippen LogP) is 0.699. The summed E-state index contributed by atoms with van der Waals surface area (Å²) in [4.78, 5) is 45.2. The van der Waals surface area contributed by atoms with Gasteiger partial charge in [-0.05, 0) is 12.8 Å². The molecule has 3 unspecified atom stereocenters. The number of amides is 1. The van der Waals surface area contributed by atoms with Crippen molar-refractivity contribution in [2.45, 2.75) is 33.2 Å². The molecule has 1 aliphatic heterocycles. The third-order valence-corrected chi connectivity index (χ3v) is 2.99. The van der Waals surface area contributed by atoms with Crippen LogP contribution >= 0.6 is 0 Å². The van der Waals surface area contributed by atoms with E-state index in [2.05, 4.69) is 5.29 Å². The molecule has 1 saturated heterocycles. The van der Waals surface area contributed by atoms with E-state index in [0.29, 0.717) is 11.4 Å². The molecule has 16 heavy (non-hydrogen) atoms. The smallest absolute Gasteiger partial charge is 0.264 e. The Bertz CT molecular complexity index is 353. The molecule has 0 saturated carbocycles. The fourth-order valence-corrected chi connectivity index (χ4v) is 1.89. The molecule has 6 nitrogen and oxygen atoms in total. The number of nitrogens with zero attached hydrogens (tertiary/aromatic N) is 2. The van der Waals surface area contributed by atoms with Gasteiger partial charge in [0.2, 0.25) is 0 Å². The van der Waals surface area contributed by atoms with E-state index in [1.54, 1.807) is 6.92 Å². The minimum Gasteiger partial charge on any atom is -0.299 e. The summed E-state index contributed by atoms with van der Waals surface area (Å²) in [6, 6.07) is -0.885. The maximum Gasteiger partial charge on any atom is 0.264 e. The first-order valence-electron chi connectivity index (χ1n) is 5.16. The van der Waals surface area contributed by atoms with Gasteiger partial charge in [0.1, 0.15) is 11.8 Å². The molecule has 0 aromatic carbocycles. The van der Waals surface area contributed by atoms with Crippen LogP contribution in [0.5, 0.6) is 0 Å². The molecule has 88 valence electrons. The first kappa shape index (κ1) is 12.5. The van der Waals surface area contributed by atoms with E-state index >= 15 is 0 Å². The van der Waals surface area contributed by atoms with Crippen molar-refractivity contribution in [1.82, 2.24) is 5.01 Å². The van der Waals surface area contributed by atoms with E-state index < -0.39 is 29.4 Å². The molecule has 6 heteroatoms. The summed E-state index contributed by atoms with van der Waals surface area (Å²) >= 11 is 0. The van der Waals surface area contributed by atoms with Crippen LogP contribution in [-0.2, 0) is 14.4 Å². The molecule has 1 aliphatic rings. The van der Waals surface area contributed by atoms with Crippen molar-refractivity contribution in [3.63, 3.8) is 0 Å². The monoisotopic (exact) mass is 226 g/mol. The van der Waals surface area contributed by atoms with Gasteiger partial charge < -0.3 is 0 Å². The van der Waals surface area contributed by atoms with Crippen molar-refractivity contribution >= 4 is 17.5 Å². The SMILES string of the molecule is CCC(C)C1C(=O)C(C(C)=O)C(=O)N1N=O. The van der Waals surface area contributed by atoms with E-state index in [-0.39, 0.29) is 5.92 Å². The van der Waals surface area contributed by atoms with Gasteiger partial charge in [-0.2, -0.15) is 5.01 Å². The van der Waals surface area contributed by atoms with Gasteiger partial charge in [-0.25, -0.2) is 0 Å². The number of carbonyl (C=O) groups is 3. The van der Waals surface area contributed by atoms with Gasteiger partial charge in [0, 0.05) is 0 Å². The van der Waals surface area contributed by atoms with Crippen molar-refractivity contribution in [3.05, 3.63) is 4.91 Å². The topological polar surface area (TPSA) is 83.9 Å². The van der Waals surface area contributed by atoms with Crippen LogP contribution in [-0.4, -0.2) is 28.5 Å². The van der Waals surface area contributed by atoms with Crippen LogP contribution in [0.2, 0.25) is 0 Å². The third-order valence-electron chi connectivity index (χ3n) is 2.99. The minimum atomic E-state index is -1.34. The Morgan fingerprint density at radius 1 is 1.50 bits per heavy atom. The van der Waals surface area contributed by atoms with Gasteiger partial charge in [0.25, 0.3) is 5.91 Å². The Balaban J connectivity index is 3.10.